The van der Waals surface area contributed by atoms with E-state index in [0.29, 0.717) is 0 Å². The molecule has 5 heteroatoms. The monoisotopic (exact) mass is 246 g/mol. The van der Waals surface area contributed by atoms with Crippen LogP contribution in [-0.2, 0) is 7.05 Å². The first-order chi connectivity index (χ1) is 8.79. The molecule has 18 heavy (non-hydrogen) atoms. The Morgan fingerprint density at radius 2 is 1.89 bits per heavy atom. The molecule has 1 N–H and O–H groups in total. The van der Waals surface area contributed by atoms with Crippen LogP contribution >= 0.6 is 0 Å². The van der Waals surface area contributed by atoms with Gasteiger partial charge < -0.3 is 14.6 Å². The minimum Gasteiger partial charge on any atom is -0.381 e. The van der Waals surface area contributed by atoms with E-state index in [1.54, 1.807) is 0 Å². The van der Waals surface area contributed by atoms with Gasteiger partial charge in [0.2, 0.25) is 5.95 Å². The van der Waals surface area contributed by atoms with E-state index in [1.165, 1.54) is 0 Å². The van der Waals surface area contributed by atoms with Crippen molar-refractivity contribution in [1.82, 2.24) is 14.5 Å². The van der Waals surface area contributed by atoms with Gasteiger partial charge in [0.05, 0.1) is 17.8 Å². The molecule has 1 aliphatic rings. The Morgan fingerprint density at radius 1 is 1.17 bits per heavy atom. The summed E-state index contributed by atoms with van der Waals surface area (Å²) in [5.41, 5.74) is 2.21. The Morgan fingerprint density at radius 3 is 2.56 bits per heavy atom. The van der Waals surface area contributed by atoms with Gasteiger partial charge in [0.1, 0.15) is 0 Å². The number of nitrogens with zero attached hydrogens (tertiary/aromatic N) is 4. The smallest absolute Gasteiger partial charge is 0.206 e. The minimum atomic E-state index is 0.149. The molecule has 1 saturated heterocycles. The van der Waals surface area contributed by atoms with Crippen molar-refractivity contribution in [3.8, 4) is 0 Å². The van der Waals surface area contributed by atoms with Gasteiger partial charge in [-0.3, -0.25) is 4.90 Å². The first-order valence-corrected chi connectivity index (χ1v) is 6.29. The van der Waals surface area contributed by atoms with Crippen LogP contribution in [0.25, 0.3) is 11.0 Å². The van der Waals surface area contributed by atoms with Gasteiger partial charge in [-0.2, -0.15) is 0 Å². The molecule has 0 atom stereocenters. The summed E-state index contributed by atoms with van der Waals surface area (Å²) < 4.78 is 2.14. The quantitative estimate of drug-likeness (QED) is 0.845. The number of piperazine rings is 1. The van der Waals surface area contributed by atoms with E-state index >= 15 is 0 Å². The van der Waals surface area contributed by atoms with Gasteiger partial charge >= 0.3 is 0 Å². The Labute approximate surface area is 106 Å². The highest BCUT2D eigenvalue weighted by atomic mass is 16.3. The van der Waals surface area contributed by atoms with Crippen LogP contribution in [0, 0.1) is 0 Å². The van der Waals surface area contributed by atoms with Crippen molar-refractivity contribution in [1.29, 1.82) is 0 Å². The van der Waals surface area contributed by atoms with Crippen molar-refractivity contribution in [2.75, 3.05) is 37.8 Å². The highest BCUT2D eigenvalue weighted by Gasteiger charge is 2.20. The standard InChI is InChI=1S/C13H18N4O/c1-15-12-5-3-2-4-11(12)14-13(15)17-8-6-16(10-18)7-9-17/h2-5,18H,6-10H2,1H3. The number of hydrogen-bond donors (Lipinski definition) is 1. The maximum Gasteiger partial charge on any atom is 0.206 e. The van der Waals surface area contributed by atoms with E-state index in [-0.39, 0.29) is 6.73 Å². The first kappa shape index (κ1) is 11.5. The van der Waals surface area contributed by atoms with Gasteiger partial charge in [0.15, 0.2) is 0 Å². The lowest BCUT2D eigenvalue weighted by molar-refractivity contribution is 0.101. The second kappa shape index (κ2) is 4.59. The second-order valence-electron chi connectivity index (χ2n) is 4.71. The van der Waals surface area contributed by atoms with Crippen molar-refractivity contribution < 1.29 is 5.11 Å². The number of imidazole rings is 1. The van der Waals surface area contributed by atoms with E-state index in [4.69, 9.17) is 10.1 Å². The van der Waals surface area contributed by atoms with Crippen molar-refractivity contribution >= 4 is 17.0 Å². The number of aliphatic hydroxyl groups is 1. The zero-order valence-electron chi connectivity index (χ0n) is 10.6. The molecule has 0 bridgehead atoms. The highest BCUT2D eigenvalue weighted by Crippen LogP contribution is 2.21. The number of anilines is 1. The summed E-state index contributed by atoms with van der Waals surface area (Å²) in [5, 5.41) is 9.10. The van der Waals surface area contributed by atoms with Gasteiger partial charge in [-0.15, -0.1) is 0 Å². The van der Waals surface area contributed by atoms with Crippen molar-refractivity contribution in [3.05, 3.63) is 24.3 Å². The lowest BCUT2D eigenvalue weighted by atomic mass is 10.3. The number of aromatic nitrogens is 2. The largest absolute Gasteiger partial charge is 0.381 e. The molecule has 1 fully saturated rings. The molecule has 1 aliphatic heterocycles. The average molecular weight is 246 g/mol. The molecule has 0 aliphatic carbocycles. The topological polar surface area (TPSA) is 44.5 Å². The van der Waals surface area contributed by atoms with Crippen molar-refractivity contribution in [2.45, 2.75) is 0 Å². The van der Waals surface area contributed by atoms with E-state index in [2.05, 4.69) is 22.6 Å². The molecular weight excluding hydrogens is 228 g/mol. The molecule has 0 unspecified atom stereocenters. The zero-order valence-corrected chi connectivity index (χ0v) is 10.6. The summed E-state index contributed by atoms with van der Waals surface area (Å²) in [5.74, 6) is 1.02. The van der Waals surface area contributed by atoms with Crippen LogP contribution in [0.15, 0.2) is 24.3 Å². The molecule has 2 aromatic rings. The number of hydrogen-bond acceptors (Lipinski definition) is 4. The number of benzene rings is 1. The fourth-order valence-electron chi connectivity index (χ4n) is 2.50. The van der Waals surface area contributed by atoms with Crippen LogP contribution in [0.5, 0.6) is 0 Å². The molecular formula is C13H18N4O. The SMILES string of the molecule is Cn1c(N2CCN(CO)CC2)nc2ccccc21. The summed E-state index contributed by atoms with van der Waals surface area (Å²) in [7, 11) is 2.06. The minimum absolute atomic E-state index is 0.149. The van der Waals surface area contributed by atoms with Crippen LogP contribution in [-0.4, -0.2) is 52.5 Å². The summed E-state index contributed by atoms with van der Waals surface area (Å²) in [6.45, 7) is 3.76. The van der Waals surface area contributed by atoms with Crippen molar-refractivity contribution in [3.63, 3.8) is 0 Å². The molecule has 2 heterocycles. The zero-order chi connectivity index (χ0) is 12.5. The van der Waals surface area contributed by atoms with Gasteiger partial charge in [-0.1, -0.05) is 12.1 Å². The predicted molar refractivity (Wildman–Crippen MR) is 71.6 cm³/mol. The van der Waals surface area contributed by atoms with E-state index in [9.17, 15) is 0 Å². The Kier molecular flexibility index (Phi) is 2.93. The third-order valence-electron chi connectivity index (χ3n) is 3.62. The van der Waals surface area contributed by atoms with Gasteiger partial charge in [0, 0.05) is 33.2 Å². The number of fused-ring (bicyclic) bond motifs is 1. The van der Waals surface area contributed by atoms with E-state index in [1.807, 2.05) is 23.1 Å². The normalized spacial score (nSPS) is 17.6. The van der Waals surface area contributed by atoms with Crippen molar-refractivity contribution in [2.24, 2.45) is 7.05 Å². The van der Waals surface area contributed by atoms with Gasteiger partial charge in [-0.25, -0.2) is 4.98 Å². The lowest BCUT2D eigenvalue weighted by Crippen LogP contribution is -2.47. The molecule has 0 saturated carbocycles. The number of para-hydroxylation sites is 2. The lowest BCUT2D eigenvalue weighted by Gasteiger charge is -2.33. The van der Waals surface area contributed by atoms with Crippen LogP contribution in [0.2, 0.25) is 0 Å². The number of aryl methyl sites for hydroxylation is 1. The van der Waals surface area contributed by atoms with E-state index in [0.717, 1.165) is 43.2 Å². The van der Waals surface area contributed by atoms with Crippen LogP contribution in [0.1, 0.15) is 0 Å². The van der Waals surface area contributed by atoms with Crippen LogP contribution in [0.3, 0.4) is 0 Å². The number of aliphatic hydroxyl groups excluding tert-OH is 1. The first-order valence-electron chi connectivity index (χ1n) is 6.29. The number of rotatable bonds is 2. The van der Waals surface area contributed by atoms with Crippen LogP contribution < -0.4 is 4.90 Å². The maximum absolute atomic E-state index is 9.10. The second-order valence-corrected chi connectivity index (χ2v) is 4.71. The fourth-order valence-corrected chi connectivity index (χ4v) is 2.50. The fraction of sp³-hybridized carbons (Fsp3) is 0.462. The highest BCUT2D eigenvalue weighted by molar-refractivity contribution is 5.78. The average Bonchev–Trinajstić information content (AvgIpc) is 2.77. The molecule has 96 valence electrons. The Bertz CT molecular complexity index is 543. The summed E-state index contributed by atoms with van der Waals surface area (Å²) in [4.78, 5) is 9.02. The van der Waals surface area contributed by atoms with E-state index < -0.39 is 0 Å². The summed E-state index contributed by atoms with van der Waals surface area (Å²) in [6, 6.07) is 8.19. The molecule has 0 amide bonds. The Hall–Kier alpha value is -1.59. The van der Waals surface area contributed by atoms with Crippen LogP contribution in [0.4, 0.5) is 5.95 Å². The summed E-state index contributed by atoms with van der Waals surface area (Å²) in [6.07, 6.45) is 0. The third kappa shape index (κ3) is 1.85. The Balaban J connectivity index is 1.89. The van der Waals surface area contributed by atoms with Gasteiger partial charge in [-0.05, 0) is 12.1 Å². The molecule has 1 aromatic heterocycles. The molecule has 0 spiro atoms. The third-order valence-corrected chi connectivity index (χ3v) is 3.62. The predicted octanol–water partition coefficient (Wildman–Crippen LogP) is 0.645. The summed E-state index contributed by atoms with van der Waals surface area (Å²) >= 11 is 0. The maximum atomic E-state index is 9.10. The van der Waals surface area contributed by atoms with Gasteiger partial charge in [0.25, 0.3) is 0 Å². The molecule has 0 radical (unpaired) electrons. The molecule has 1 aromatic carbocycles. The molecule has 3 rings (SSSR count). The molecule has 5 nitrogen and oxygen atoms in total.